The highest BCUT2D eigenvalue weighted by Crippen LogP contribution is 2.43. The van der Waals surface area contributed by atoms with E-state index in [2.05, 4.69) is 11.0 Å². The number of hydrogen-bond donors (Lipinski definition) is 0. The summed E-state index contributed by atoms with van der Waals surface area (Å²) in [7, 11) is 1.66. The highest BCUT2D eigenvalue weighted by atomic mass is 16.5. The highest BCUT2D eigenvalue weighted by Gasteiger charge is 2.42. The Morgan fingerprint density at radius 1 is 1.24 bits per heavy atom. The summed E-state index contributed by atoms with van der Waals surface area (Å²) in [4.78, 5) is 2.35. The molecule has 112 valence electrons. The van der Waals surface area contributed by atoms with Gasteiger partial charge in [0.05, 0.1) is 19.8 Å². The normalized spacial score (nSPS) is 26.1. The van der Waals surface area contributed by atoms with Crippen molar-refractivity contribution in [1.29, 1.82) is 5.26 Å². The third-order valence-electron chi connectivity index (χ3n) is 4.65. The number of benzene rings is 1. The van der Waals surface area contributed by atoms with Crippen LogP contribution in [0.3, 0.4) is 0 Å². The van der Waals surface area contributed by atoms with Crippen molar-refractivity contribution in [3.05, 3.63) is 23.8 Å². The van der Waals surface area contributed by atoms with Crippen LogP contribution in [0.2, 0.25) is 0 Å². The summed E-state index contributed by atoms with van der Waals surface area (Å²) < 4.78 is 11.2. The Hall–Kier alpha value is -1.73. The number of hydrogen-bond acceptors (Lipinski definition) is 4. The van der Waals surface area contributed by atoms with Crippen LogP contribution in [-0.4, -0.2) is 31.7 Å². The molecule has 21 heavy (non-hydrogen) atoms. The average Bonchev–Trinajstić information content (AvgIpc) is 2.75. The maximum Gasteiger partial charge on any atom is 0.138 e. The lowest BCUT2D eigenvalue weighted by molar-refractivity contribution is 0.101. The van der Waals surface area contributed by atoms with E-state index in [1.165, 1.54) is 19.3 Å². The summed E-state index contributed by atoms with van der Waals surface area (Å²) in [5.74, 6) is 1.62. The lowest BCUT2D eigenvalue weighted by Crippen LogP contribution is -2.47. The van der Waals surface area contributed by atoms with Crippen LogP contribution < -0.4 is 9.47 Å². The molecule has 1 saturated heterocycles. The van der Waals surface area contributed by atoms with E-state index in [1.54, 1.807) is 7.11 Å². The highest BCUT2D eigenvalue weighted by molar-refractivity contribution is 5.48. The van der Waals surface area contributed by atoms with Crippen molar-refractivity contribution >= 4 is 0 Å². The van der Waals surface area contributed by atoms with E-state index in [0.717, 1.165) is 43.0 Å². The van der Waals surface area contributed by atoms with Crippen molar-refractivity contribution in [2.75, 3.05) is 26.8 Å². The molecular weight excluding hydrogens is 264 g/mol. The molecule has 1 unspecified atom stereocenters. The minimum absolute atomic E-state index is 0.569. The topological polar surface area (TPSA) is 45.5 Å². The summed E-state index contributed by atoms with van der Waals surface area (Å²) in [6, 6.07) is 8.45. The molecule has 0 aliphatic carbocycles. The van der Waals surface area contributed by atoms with Gasteiger partial charge in [0.25, 0.3) is 0 Å². The van der Waals surface area contributed by atoms with Gasteiger partial charge in [-0.3, -0.25) is 4.90 Å². The van der Waals surface area contributed by atoms with Crippen LogP contribution in [0.15, 0.2) is 18.2 Å². The van der Waals surface area contributed by atoms with E-state index in [9.17, 15) is 5.26 Å². The Labute approximate surface area is 126 Å². The second kappa shape index (κ2) is 5.95. The van der Waals surface area contributed by atoms with Crippen molar-refractivity contribution in [2.24, 2.45) is 0 Å². The summed E-state index contributed by atoms with van der Waals surface area (Å²) in [6.45, 7) is 2.66. The predicted molar refractivity (Wildman–Crippen MR) is 80.4 cm³/mol. The Bertz CT molecular complexity index is 546. The van der Waals surface area contributed by atoms with Gasteiger partial charge in [0, 0.05) is 5.56 Å². The maximum absolute atomic E-state index is 10.0. The van der Waals surface area contributed by atoms with E-state index in [-0.39, 0.29) is 0 Å². The number of methoxy groups -OCH3 is 1. The fraction of sp³-hybridized carbons (Fsp3) is 0.588. The zero-order valence-electron chi connectivity index (χ0n) is 12.6. The fourth-order valence-corrected chi connectivity index (χ4v) is 3.52. The standard InChI is InChI=1S/C17H22N2O2/c1-20-14-6-7-16-15(12-14)17(13-18,8-5-11-21-16)19-9-3-2-4-10-19/h6-7,12H,2-5,8-11H2,1H3. The smallest absolute Gasteiger partial charge is 0.138 e. The van der Waals surface area contributed by atoms with Gasteiger partial charge >= 0.3 is 0 Å². The van der Waals surface area contributed by atoms with Gasteiger partial charge in [-0.15, -0.1) is 0 Å². The summed E-state index contributed by atoms with van der Waals surface area (Å²) in [6.07, 6.45) is 5.33. The van der Waals surface area contributed by atoms with Crippen molar-refractivity contribution in [1.82, 2.24) is 4.90 Å². The third kappa shape index (κ3) is 2.47. The van der Waals surface area contributed by atoms with Crippen LogP contribution >= 0.6 is 0 Å². The first-order chi connectivity index (χ1) is 10.3. The molecule has 0 N–H and O–H groups in total. The summed E-state index contributed by atoms with van der Waals surface area (Å²) in [5, 5.41) is 10.0. The van der Waals surface area contributed by atoms with Crippen molar-refractivity contribution in [3.8, 4) is 17.6 Å². The Morgan fingerprint density at radius 2 is 2.05 bits per heavy atom. The molecule has 4 heteroatoms. The first-order valence-corrected chi connectivity index (χ1v) is 7.78. The summed E-state index contributed by atoms with van der Waals surface area (Å²) in [5.41, 5.74) is 0.407. The number of fused-ring (bicyclic) bond motifs is 1. The van der Waals surface area contributed by atoms with E-state index < -0.39 is 5.54 Å². The molecule has 3 rings (SSSR count). The molecule has 4 nitrogen and oxygen atoms in total. The van der Waals surface area contributed by atoms with E-state index in [0.29, 0.717) is 6.61 Å². The lowest BCUT2D eigenvalue weighted by Gasteiger charge is -2.41. The maximum atomic E-state index is 10.0. The SMILES string of the molecule is COc1ccc2c(c1)C(C#N)(N1CCCCC1)CCCO2. The van der Waals surface area contributed by atoms with E-state index >= 15 is 0 Å². The molecule has 0 saturated carbocycles. The van der Waals surface area contributed by atoms with Crippen molar-refractivity contribution < 1.29 is 9.47 Å². The quantitative estimate of drug-likeness (QED) is 0.838. The Balaban J connectivity index is 2.09. The molecule has 2 aliphatic heterocycles. The van der Waals surface area contributed by atoms with Crippen LogP contribution in [0.4, 0.5) is 0 Å². The van der Waals surface area contributed by atoms with Gasteiger partial charge in [-0.1, -0.05) is 6.42 Å². The Morgan fingerprint density at radius 3 is 2.76 bits per heavy atom. The molecular formula is C17H22N2O2. The van der Waals surface area contributed by atoms with Gasteiger partial charge in [-0.25, -0.2) is 0 Å². The molecule has 0 radical (unpaired) electrons. The van der Waals surface area contributed by atoms with Crippen molar-refractivity contribution in [3.63, 3.8) is 0 Å². The minimum Gasteiger partial charge on any atom is -0.497 e. The average molecular weight is 286 g/mol. The molecule has 1 atom stereocenters. The van der Waals surface area contributed by atoms with Gasteiger partial charge in [0.15, 0.2) is 0 Å². The molecule has 0 bridgehead atoms. The fourth-order valence-electron chi connectivity index (χ4n) is 3.52. The zero-order chi connectivity index (χ0) is 14.7. The number of piperidine rings is 1. The lowest BCUT2D eigenvalue weighted by atomic mass is 9.83. The molecule has 0 amide bonds. The molecule has 1 aromatic rings. The molecule has 1 fully saturated rings. The van der Waals surface area contributed by atoms with Crippen LogP contribution in [0.1, 0.15) is 37.7 Å². The first kappa shape index (κ1) is 14.2. The van der Waals surface area contributed by atoms with E-state index in [1.807, 2.05) is 18.2 Å². The second-order valence-electron chi connectivity index (χ2n) is 5.83. The van der Waals surface area contributed by atoms with Crippen molar-refractivity contribution in [2.45, 2.75) is 37.6 Å². The van der Waals surface area contributed by atoms with Gasteiger partial charge in [0.1, 0.15) is 17.0 Å². The molecule has 2 heterocycles. The first-order valence-electron chi connectivity index (χ1n) is 7.78. The molecule has 0 aromatic heterocycles. The van der Waals surface area contributed by atoms with Gasteiger partial charge < -0.3 is 9.47 Å². The second-order valence-corrected chi connectivity index (χ2v) is 5.83. The molecule has 1 aromatic carbocycles. The largest absolute Gasteiger partial charge is 0.497 e. The van der Waals surface area contributed by atoms with Crippen LogP contribution in [0, 0.1) is 11.3 Å². The third-order valence-corrected chi connectivity index (χ3v) is 4.65. The van der Waals surface area contributed by atoms with Gasteiger partial charge in [0.2, 0.25) is 0 Å². The number of nitriles is 1. The number of likely N-dealkylation sites (tertiary alicyclic amines) is 1. The van der Waals surface area contributed by atoms with Gasteiger partial charge in [-0.05, 0) is 57.0 Å². The molecule has 0 spiro atoms. The summed E-state index contributed by atoms with van der Waals surface area (Å²) >= 11 is 0. The Kier molecular flexibility index (Phi) is 4.03. The number of rotatable bonds is 2. The molecule has 2 aliphatic rings. The van der Waals surface area contributed by atoms with Crippen LogP contribution in [0.25, 0.3) is 0 Å². The number of nitrogens with zero attached hydrogens (tertiary/aromatic N) is 2. The predicted octanol–water partition coefficient (Wildman–Crippen LogP) is 3.07. The van der Waals surface area contributed by atoms with E-state index in [4.69, 9.17) is 9.47 Å². The van der Waals surface area contributed by atoms with Crippen LogP contribution in [0.5, 0.6) is 11.5 Å². The minimum atomic E-state index is -0.569. The van der Waals surface area contributed by atoms with Gasteiger partial charge in [-0.2, -0.15) is 5.26 Å². The monoisotopic (exact) mass is 286 g/mol. The zero-order valence-corrected chi connectivity index (χ0v) is 12.6. The van der Waals surface area contributed by atoms with Crippen LogP contribution in [-0.2, 0) is 5.54 Å². The number of ether oxygens (including phenoxy) is 2.